The second-order valence-corrected chi connectivity index (χ2v) is 3.99. The van der Waals surface area contributed by atoms with Gasteiger partial charge in [-0.05, 0) is 30.0 Å². The predicted molar refractivity (Wildman–Crippen MR) is 61.8 cm³/mol. The number of carbonyl (C=O) groups excluding carboxylic acids is 1. The van der Waals surface area contributed by atoms with Gasteiger partial charge in [0.2, 0.25) is 0 Å². The van der Waals surface area contributed by atoms with Gasteiger partial charge in [-0.1, -0.05) is 24.6 Å². The molecule has 2 nitrogen and oxygen atoms in total. The van der Waals surface area contributed by atoms with Gasteiger partial charge in [0.25, 0.3) is 0 Å². The molecule has 0 aromatic heterocycles. The molecule has 0 bridgehead atoms. The molecule has 82 valence electrons. The van der Waals surface area contributed by atoms with Crippen molar-refractivity contribution in [2.75, 3.05) is 7.11 Å². The smallest absolute Gasteiger partial charge is 0.137 e. The topological polar surface area (TPSA) is 26.3 Å². The zero-order chi connectivity index (χ0) is 11.4. The van der Waals surface area contributed by atoms with Gasteiger partial charge in [-0.15, -0.1) is 0 Å². The molecule has 1 atom stereocenters. The predicted octanol–water partition coefficient (Wildman–Crippen LogP) is 3.35. The first-order valence-corrected chi connectivity index (χ1v) is 5.26. The Kier molecular flexibility index (Phi) is 4.15. The highest BCUT2D eigenvalue weighted by Gasteiger charge is 2.15. The number of benzene rings is 1. The van der Waals surface area contributed by atoms with Crippen LogP contribution in [0.1, 0.15) is 30.4 Å². The molecule has 0 aliphatic rings. The number of halogens is 1. The number of carbonyl (C=O) groups is 1. The quantitative estimate of drug-likeness (QED) is 0.736. The Bertz CT molecular complexity index is 361. The van der Waals surface area contributed by atoms with E-state index < -0.39 is 0 Å². The van der Waals surface area contributed by atoms with Crippen LogP contribution >= 0.6 is 11.6 Å². The molecule has 0 aliphatic carbocycles. The van der Waals surface area contributed by atoms with Gasteiger partial charge in [0.05, 0.1) is 12.1 Å². The first-order chi connectivity index (χ1) is 7.11. The fraction of sp³-hybridized carbons (Fsp3) is 0.417. The summed E-state index contributed by atoms with van der Waals surface area (Å²) in [6.07, 6.45) is 1.40. The summed E-state index contributed by atoms with van der Waals surface area (Å²) in [6, 6.07) is 3.80. The van der Waals surface area contributed by atoms with Gasteiger partial charge >= 0.3 is 0 Å². The van der Waals surface area contributed by atoms with Crippen LogP contribution in [0.2, 0.25) is 5.02 Å². The fourth-order valence-electron chi connectivity index (χ4n) is 1.69. The second-order valence-electron chi connectivity index (χ2n) is 3.62. The third kappa shape index (κ3) is 2.51. The van der Waals surface area contributed by atoms with Gasteiger partial charge < -0.3 is 9.53 Å². The summed E-state index contributed by atoms with van der Waals surface area (Å²) in [5.41, 5.74) is 2.10. The molecule has 3 heteroatoms. The van der Waals surface area contributed by atoms with E-state index in [2.05, 4.69) is 0 Å². The van der Waals surface area contributed by atoms with Gasteiger partial charge in [-0.2, -0.15) is 0 Å². The normalized spacial score (nSPS) is 12.3. The monoisotopic (exact) mass is 226 g/mol. The van der Waals surface area contributed by atoms with E-state index in [0.29, 0.717) is 17.2 Å². The number of hydrogen-bond donors (Lipinski definition) is 0. The zero-order valence-corrected chi connectivity index (χ0v) is 9.97. The SMILES string of the molecule is COc1ccc(C)c(C(C)CC=O)c1Cl. The molecular formula is C12H15ClO2. The minimum Gasteiger partial charge on any atom is -0.495 e. The van der Waals surface area contributed by atoms with Crippen LogP contribution in [0.4, 0.5) is 0 Å². The Morgan fingerprint density at radius 2 is 2.20 bits per heavy atom. The average molecular weight is 227 g/mol. The highest BCUT2D eigenvalue weighted by molar-refractivity contribution is 6.33. The van der Waals surface area contributed by atoms with E-state index in [4.69, 9.17) is 16.3 Å². The minimum atomic E-state index is 0.130. The van der Waals surface area contributed by atoms with E-state index in [1.54, 1.807) is 7.11 Å². The maximum atomic E-state index is 10.5. The van der Waals surface area contributed by atoms with Crippen molar-refractivity contribution in [3.63, 3.8) is 0 Å². The summed E-state index contributed by atoms with van der Waals surface area (Å²) in [5.74, 6) is 0.792. The molecule has 1 aromatic rings. The maximum Gasteiger partial charge on any atom is 0.137 e. The lowest BCUT2D eigenvalue weighted by molar-refractivity contribution is -0.108. The lowest BCUT2D eigenvalue weighted by atomic mass is 9.94. The molecule has 0 spiro atoms. The fourth-order valence-corrected chi connectivity index (χ4v) is 2.17. The molecule has 0 amide bonds. The molecule has 0 saturated carbocycles. The van der Waals surface area contributed by atoms with Crippen molar-refractivity contribution < 1.29 is 9.53 Å². The van der Waals surface area contributed by atoms with Gasteiger partial charge in [0.15, 0.2) is 0 Å². The number of aryl methyl sites for hydroxylation is 1. The van der Waals surface area contributed by atoms with Crippen molar-refractivity contribution in [3.8, 4) is 5.75 Å². The molecule has 0 radical (unpaired) electrons. The molecule has 0 fully saturated rings. The van der Waals surface area contributed by atoms with Crippen LogP contribution in [0.25, 0.3) is 0 Å². The van der Waals surface area contributed by atoms with Gasteiger partial charge in [0, 0.05) is 6.42 Å². The number of methoxy groups -OCH3 is 1. The van der Waals surface area contributed by atoms with E-state index in [1.165, 1.54) is 0 Å². The molecule has 1 aromatic carbocycles. The first kappa shape index (κ1) is 12.1. The average Bonchev–Trinajstić information content (AvgIpc) is 2.18. The Hall–Kier alpha value is -1.02. The van der Waals surface area contributed by atoms with Crippen LogP contribution < -0.4 is 4.74 Å². The van der Waals surface area contributed by atoms with Crippen molar-refractivity contribution in [2.24, 2.45) is 0 Å². The summed E-state index contributed by atoms with van der Waals surface area (Å²) in [7, 11) is 1.59. The Morgan fingerprint density at radius 1 is 1.53 bits per heavy atom. The van der Waals surface area contributed by atoms with Crippen molar-refractivity contribution in [1.82, 2.24) is 0 Å². The van der Waals surface area contributed by atoms with Crippen molar-refractivity contribution in [2.45, 2.75) is 26.2 Å². The number of hydrogen-bond acceptors (Lipinski definition) is 2. The third-order valence-corrected chi connectivity index (χ3v) is 2.91. The van der Waals surface area contributed by atoms with Gasteiger partial charge in [-0.3, -0.25) is 0 Å². The lowest BCUT2D eigenvalue weighted by Crippen LogP contribution is -2.00. The van der Waals surface area contributed by atoms with Crippen molar-refractivity contribution in [3.05, 3.63) is 28.3 Å². The lowest BCUT2D eigenvalue weighted by Gasteiger charge is -2.16. The molecular weight excluding hydrogens is 212 g/mol. The van der Waals surface area contributed by atoms with Crippen molar-refractivity contribution in [1.29, 1.82) is 0 Å². The maximum absolute atomic E-state index is 10.5. The minimum absolute atomic E-state index is 0.130. The summed E-state index contributed by atoms with van der Waals surface area (Å²) in [5, 5.41) is 0.617. The van der Waals surface area contributed by atoms with Crippen molar-refractivity contribution >= 4 is 17.9 Å². The van der Waals surface area contributed by atoms with Crippen LogP contribution in [0.5, 0.6) is 5.75 Å². The first-order valence-electron chi connectivity index (χ1n) is 4.88. The van der Waals surface area contributed by atoms with E-state index in [0.717, 1.165) is 17.4 Å². The zero-order valence-electron chi connectivity index (χ0n) is 9.21. The molecule has 0 aliphatic heterocycles. The second kappa shape index (κ2) is 5.17. The molecule has 0 N–H and O–H groups in total. The molecule has 1 rings (SSSR count). The number of aldehydes is 1. The van der Waals surface area contributed by atoms with Crippen LogP contribution in [0, 0.1) is 6.92 Å². The van der Waals surface area contributed by atoms with E-state index in [1.807, 2.05) is 26.0 Å². The summed E-state index contributed by atoms with van der Waals surface area (Å²) in [6.45, 7) is 3.98. The Balaban J connectivity index is 3.19. The third-order valence-electron chi connectivity index (χ3n) is 2.52. The number of ether oxygens (including phenoxy) is 1. The van der Waals surface area contributed by atoms with Crippen LogP contribution in [0.3, 0.4) is 0 Å². The Morgan fingerprint density at radius 3 is 2.73 bits per heavy atom. The highest BCUT2D eigenvalue weighted by atomic mass is 35.5. The standard InChI is InChI=1S/C12H15ClO2/c1-8-4-5-10(15-3)12(13)11(8)9(2)6-7-14/h4-5,7,9H,6H2,1-3H3. The molecule has 1 unspecified atom stereocenters. The van der Waals surface area contributed by atoms with E-state index in [-0.39, 0.29) is 5.92 Å². The largest absolute Gasteiger partial charge is 0.495 e. The molecule has 0 saturated heterocycles. The van der Waals surface area contributed by atoms with Gasteiger partial charge in [0.1, 0.15) is 12.0 Å². The highest BCUT2D eigenvalue weighted by Crippen LogP contribution is 2.36. The van der Waals surface area contributed by atoms with E-state index >= 15 is 0 Å². The molecule has 0 heterocycles. The van der Waals surface area contributed by atoms with Crippen LogP contribution in [-0.4, -0.2) is 13.4 Å². The summed E-state index contributed by atoms with van der Waals surface area (Å²) >= 11 is 6.20. The van der Waals surface area contributed by atoms with E-state index in [9.17, 15) is 4.79 Å². The van der Waals surface area contributed by atoms with Crippen LogP contribution in [0.15, 0.2) is 12.1 Å². The van der Waals surface area contributed by atoms with Crippen LogP contribution in [-0.2, 0) is 4.79 Å². The van der Waals surface area contributed by atoms with Gasteiger partial charge in [-0.25, -0.2) is 0 Å². The number of rotatable bonds is 4. The molecule has 15 heavy (non-hydrogen) atoms. The summed E-state index contributed by atoms with van der Waals surface area (Å²) < 4.78 is 5.15. The summed E-state index contributed by atoms with van der Waals surface area (Å²) in [4.78, 5) is 10.5. The Labute approximate surface area is 95.2 Å².